The molecule has 1 aromatic rings. The van der Waals surface area contributed by atoms with E-state index in [-0.39, 0.29) is 5.82 Å². The zero-order valence-electron chi connectivity index (χ0n) is 8.47. The van der Waals surface area contributed by atoms with Crippen LogP contribution in [0.25, 0.3) is 0 Å². The van der Waals surface area contributed by atoms with E-state index >= 15 is 0 Å². The molecule has 0 bridgehead atoms. The maximum Gasteiger partial charge on any atom is 0.139 e. The third kappa shape index (κ3) is 1.48. The van der Waals surface area contributed by atoms with Crippen molar-refractivity contribution in [1.29, 1.82) is 0 Å². The van der Waals surface area contributed by atoms with Gasteiger partial charge in [-0.05, 0) is 47.0 Å². The third-order valence-electron chi connectivity index (χ3n) is 3.74. The second-order valence-corrected chi connectivity index (χ2v) is 5.66. The standard InChI is InChI=1S/C12H13BrFN/c13-10-3-2-9(6-11(10)14)15-7-12(8-15)4-1-5-12/h2-3,6H,1,4-5,7-8H2. The lowest BCUT2D eigenvalue weighted by Crippen LogP contribution is -2.59. The van der Waals surface area contributed by atoms with E-state index in [2.05, 4.69) is 20.8 Å². The monoisotopic (exact) mass is 269 g/mol. The zero-order valence-corrected chi connectivity index (χ0v) is 10.1. The van der Waals surface area contributed by atoms with Crippen molar-refractivity contribution in [1.82, 2.24) is 0 Å². The van der Waals surface area contributed by atoms with Gasteiger partial charge in [0.1, 0.15) is 5.82 Å². The topological polar surface area (TPSA) is 3.24 Å². The molecule has 1 heterocycles. The Morgan fingerprint density at radius 3 is 2.53 bits per heavy atom. The lowest BCUT2D eigenvalue weighted by atomic mass is 9.63. The first-order valence-corrected chi connectivity index (χ1v) is 6.18. The Labute approximate surface area is 97.4 Å². The van der Waals surface area contributed by atoms with Crippen LogP contribution in [0.5, 0.6) is 0 Å². The van der Waals surface area contributed by atoms with Crippen molar-refractivity contribution >= 4 is 21.6 Å². The first kappa shape index (κ1) is 9.64. The Kier molecular flexibility index (Phi) is 2.06. The fourth-order valence-corrected chi connectivity index (χ4v) is 2.87. The summed E-state index contributed by atoms with van der Waals surface area (Å²) in [5.74, 6) is -0.165. The first-order chi connectivity index (χ1) is 7.19. The van der Waals surface area contributed by atoms with Crippen molar-refractivity contribution in [3.8, 4) is 0 Å². The van der Waals surface area contributed by atoms with Crippen LogP contribution in [0.15, 0.2) is 22.7 Å². The summed E-state index contributed by atoms with van der Waals surface area (Å²) in [6, 6.07) is 5.39. The van der Waals surface area contributed by atoms with Gasteiger partial charge in [-0.15, -0.1) is 0 Å². The minimum Gasteiger partial charge on any atom is -0.370 e. The molecule has 1 saturated carbocycles. The molecule has 0 atom stereocenters. The van der Waals surface area contributed by atoms with Gasteiger partial charge in [-0.2, -0.15) is 0 Å². The van der Waals surface area contributed by atoms with E-state index in [1.165, 1.54) is 19.3 Å². The number of hydrogen-bond acceptors (Lipinski definition) is 1. The van der Waals surface area contributed by atoms with Gasteiger partial charge in [-0.25, -0.2) is 4.39 Å². The van der Waals surface area contributed by atoms with E-state index in [0.717, 1.165) is 18.8 Å². The first-order valence-electron chi connectivity index (χ1n) is 5.39. The van der Waals surface area contributed by atoms with Crippen molar-refractivity contribution in [2.75, 3.05) is 18.0 Å². The molecule has 0 unspecified atom stereocenters. The van der Waals surface area contributed by atoms with Gasteiger partial charge in [0, 0.05) is 24.2 Å². The molecule has 3 heteroatoms. The van der Waals surface area contributed by atoms with Crippen LogP contribution < -0.4 is 4.90 Å². The number of rotatable bonds is 1. The molecule has 0 amide bonds. The van der Waals surface area contributed by atoms with Gasteiger partial charge < -0.3 is 4.90 Å². The summed E-state index contributed by atoms with van der Waals surface area (Å²) in [6.45, 7) is 2.24. The summed E-state index contributed by atoms with van der Waals surface area (Å²) in [5.41, 5.74) is 1.62. The highest BCUT2D eigenvalue weighted by molar-refractivity contribution is 9.10. The van der Waals surface area contributed by atoms with E-state index < -0.39 is 0 Å². The molecule has 1 aromatic carbocycles. The van der Waals surface area contributed by atoms with Crippen LogP contribution in [0.2, 0.25) is 0 Å². The Morgan fingerprint density at radius 2 is 2.00 bits per heavy atom. The molecule has 1 aliphatic heterocycles. The average molecular weight is 270 g/mol. The fourth-order valence-electron chi connectivity index (χ4n) is 2.62. The van der Waals surface area contributed by atoms with Crippen LogP contribution in [-0.2, 0) is 0 Å². The quantitative estimate of drug-likeness (QED) is 0.754. The lowest BCUT2D eigenvalue weighted by Gasteiger charge is -2.57. The summed E-state index contributed by atoms with van der Waals surface area (Å²) < 4.78 is 13.9. The molecule has 0 N–H and O–H groups in total. The van der Waals surface area contributed by atoms with Crippen molar-refractivity contribution in [2.45, 2.75) is 19.3 Å². The lowest BCUT2D eigenvalue weighted by molar-refractivity contribution is 0.0903. The SMILES string of the molecule is Fc1cc(N2CC3(CCC3)C2)ccc1Br. The van der Waals surface area contributed by atoms with Crippen LogP contribution in [0.4, 0.5) is 10.1 Å². The van der Waals surface area contributed by atoms with Crippen molar-refractivity contribution in [3.63, 3.8) is 0 Å². The van der Waals surface area contributed by atoms with Gasteiger partial charge in [0.05, 0.1) is 4.47 Å². The Hall–Kier alpha value is -0.570. The van der Waals surface area contributed by atoms with E-state index in [0.29, 0.717) is 9.89 Å². The van der Waals surface area contributed by atoms with E-state index in [1.54, 1.807) is 12.1 Å². The number of hydrogen-bond donors (Lipinski definition) is 0. The summed E-state index contributed by atoms with van der Waals surface area (Å²) in [7, 11) is 0. The molecule has 1 spiro atoms. The number of anilines is 1. The van der Waals surface area contributed by atoms with Gasteiger partial charge in [0.25, 0.3) is 0 Å². The largest absolute Gasteiger partial charge is 0.370 e. The molecule has 3 rings (SSSR count). The van der Waals surface area contributed by atoms with Crippen molar-refractivity contribution in [2.24, 2.45) is 5.41 Å². The zero-order chi connectivity index (χ0) is 10.5. The third-order valence-corrected chi connectivity index (χ3v) is 4.38. The highest BCUT2D eigenvalue weighted by Crippen LogP contribution is 2.49. The fraction of sp³-hybridized carbons (Fsp3) is 0.500. The number of benzene rings is 1. The maximum absolute atomic E-state index is 13.3. The second-order valence-electron chi connectivity index (χ2n) is 4.81. The predicted molar refractivity (Wildman–Crippen MR) is 62.6 cm³/mol. The Balaban J connectivity index is 1.75. The molecule has 1 aliphatic carbocycles. The summed E-state index contributed by atoms with van der Waals surface area (Å²) in [4.78, 5) is 2.27. The van der Waals surface area contributed by atoms with Crippen LogP contribution in [0.3, 0.4) is 0 Å². The molecule has 15 heavy (non-hydrogen) atoms. The smallest absolute Gasteiger partial charge is 0.139 e. The van der Waals surface area contributed by atoms with Crippen molar-refractivity contribution < 1.29 is 4.39 Å². The number of halogens is 2. The van der Waals surface area contributed by atoms with Gasteiger partial charge >= 0.3 is 0 Å². The molecule has 0 radical (unpaired) electrons. The van der Waals surface area contributed by atoms with Crippen LogP contribution >= 0.6 is 15.9 Å². The van der Waals surface area contributed by atoms with E-state index in [1.807, 2.05) is 6.07 Å². The van der Waals surface area contributed by atoms with Gasteiger partial charge in [0.15, 0.2) is 0 Å². The highest BCUT2D eigenvalue weighted by Gasteiger charge is 2.47. The molecule has 0 aromatic heterocycles. The predicted octanol–water partition coefficient (Wildman–Crippen LogP) is 3.58. The van der Waals surface area contributed by atoms with Crippen molar-refractivity contribution in [3.05, 3.63) is 28.5 Å². The van der Waals surface area contributed by atoms with Gasteiger partial charge in [-0.3, -0.25) is 0 Å². The van der Waals surface area contributed by atoms with E-state index in [4.69, 9.17) is 0 Å². The van der Waals surface area contributed by atoms with Crippen LogP contribution in [0, 0.1) is 11.2 Å². The molecule has 2 aliphatic rings. The van der Waals surface area contributed by atoms with Gasteiger partial charge in [0.2, 0.25) is 0 Å². The minimum atomic E-state index is -0.165. The molecule has 1 saturated heterocycles. The Morgan fingerprint density at radius 1 is 1.27 bits per heavy atom. The molecule has 2 fully saturated rings. The average Bonchev–Trinajstić information content (AvgIpc) is 2.06. The maximum atomic E-state index is 13.3. The molecule has 1 nitrogen and oxygen atoms in total. The molecule has 80 valence electrons. The normalized spacial score (nSPS) is 22.4. The Bertz CT molecular complexity index is 393. The molecular formula is C12H13BrFN. The molecular weight excluding hydrogens is 257 g/mol. The van der Waals surface area contributed by atoms with Crippen LogP contribution in [0.1, 0.15) is 19.3 Å². The number of nitrogens with zero attached hydrogens (tertiary/aromatic N) is 1. The summed E-state index contributed by atoms with van der Waals surface area (Å²) in [5, 5.41) is 0. The summed E-state index contributed by atoms with van der Waals surface area (Å²) >= 11 is 3.17. The second kappa shape index (κ2) is 3.21. The minimum absolute atomic E-state index is 0.165. The highest BCUT2D eigenvalue weighted by atomic mass is 79.9. The van der Waals surface area contributed by atoms with E-state index in [9.17, 15) is 4.39 Å². The van der Waals surface area contributed by atoms with Gasteiger partial charge in [-0.1, -0.05) is 6.42 Å². The van der Waals surface area contributed by atoms with Crippen LogP contribution in [-0.4, -0.2) is 13.1 Å². The summed E-state index contributed by atoms with van der Waals surface area (Å²) in [6.07, 6.45) is 4.10.